The molecule has 0 saturated carbocycles. The van der Waals surface area contributed by atoms with Gasteiger partial charge in [-0.25, -0.2) is 4.39 Å². The molecule has 1 heterocycles. The quantitative estimate of drug-likeness (QED) is 0.696. The van der Waals surface area contributed by atoms with Crippen molar-refractivity contribution in [3.8, 4) is 17.1 Å². The van der Waals surface area contributed by atoms with Crippen LogP contribution in [-0.4, -0.2) is 10.3 Å². The zero-order chi connectivity index (χ0) is 11.8. The van der Waals surface area contributed by atoms with Crippen LogP contribution in [0, 0.1) is 5.82 Å². The maximum Gasteiger partial charge on any atom is 0.174 e. The molecule has 4 heteroatoms. The standard InChI is InChI=1S/C13H8FNO2/c14-11-3-1-2-10-12(11)15-17-13(10)8-4-6-9(16)7-5-8/h1-7,16H. The van der Waals surface area contributed by atoms with Crippen molar-refractivity contribution in [3.05, 3.63) is 48.3 Å². The second-order valence-corrected chi connectivity index (χ2v) is 3.69. The van der Waals surface area contributed by atoms with Crippen LogP contribution in [0.5, 0.6) is 5.75 Å². The van der Waals surface area contributed by atoms with E-state index in [9.17, 15) is 9.50 Å². The van der Waals surface area contributed by atoms with Crippen LogP contribution in [0.3, 0.4) is 0 Å². The summed E-state index contributed by atoms with van der Waals surface area (Å²) in [6, 6.07) is 11.2. The molecule has 0 aliphatic rings. The van der Waals surface area contributed by atoms with E-state index in [1.54, 1.807) is 36.4 Å². The van der Waals surface area contributed by atoms with Crippen molar-refractivity contribution < 1.29 is 14.0 Å². The van der Waals surface area contributed by atoms with Gasteiger partial charge in [-0.3, -0.25) is 0 Å². The second-order valence-electron chi connectivity index (χ2n) is 3.69. The number of hydrogen-bond donors (Lipinski definition) is 1. The highest BCUT2D eigenvalue weighted by atomic mass is 19.1. The van der Waals surface area contributed by atoms with Gasteiger partial charge in [-0.1, -0.05) is 11.2 Å². The van der Waals surface area contributed by atoms with Crippen LogP contribution in [0.4, 0.5) is 4.39 Å². The van der Waals surface area contributed by atoms with Gasteiger partial charge in [0.15, 0.2) is 11.6 Å². The van der Waals surface area contributed by atoms with E-state index >= 15 is 0 Å². The number of nitrogens with zero attached hydrogens (tertiary/aromatic N) is 1. The average Bonchev–Trinajstić information content (AvgIpc) is 2.75. The summed E-state index contributed by atoms with van der Waals surface area (Å²) >= 11 is 0. The highest BCUT2D eigenvalue weighted by Gasteiger charge is 2.13. The average molecular weight is 229 g/mol. The molecule has 1 N–H and O–H groups in total. The summed E-state index contributed by atoms with van der Waals surface area (Å²) in [5, 5.41) is 13.5. The molecule has 3 aromatic rings. The third kappa shape index (κ3) is 1.54. The molecule has 0 aliphatic carbocycles. The molecule has 0 fully saturated rings. The number of benzene rings is 2. The summed E-state index contributed by atoms with van der Waals surface area (Å²) in [4.78, 5) is 0. The summed E-state index contributed by atoms with van der Waals surface area (Å²) in [5.41, 5.74) is 0.964. The van der Waals surface area contributed by atoms with Gasteiger partial charge in [0.05, 0.1) is 5.39 Å². The van der Waals surface area contributed by atoms with Gasteiger partial charge in [0, 0.05) is 5.56 Å². The number of aromatic hydroxyl groups is 1. The number of phenolic OH excluding ortho intramolecular Hbond substituents is 1. The fraction of sp³-hybridized carbons (Fsp3) is 0. The first-order valence-corrected chi connectivity index (χ1v) is 5.09. The van der Waals surface area contributed by atoms with Crippen LogP contribution in [0.25, 0.3) is 22.2 Å². The molecule has 0 spiro atoms. The topological polar surface area (TPSA) is 46.3 Å². The van der Waals surface area contributed by atoms with Crippen LogP contribution in [-0.2, 0) is 0 Å². The number of hydrogen-bond acceptors (Lipinski definition) is 3. The monoisotopic (exact) mass is 229 g/mol. The van der Waals surface area contributed by atoms with Crippen molar-refractivity contribution in [2.75, 3.05) is 0 Å². The smallest absolute Gasteiger partial charge is 0.174 e. The first-order chi connectivity index (χ1) is 8.25. The van der Waals surface area contributed by atoms with E-state index in [-0.39, 0.29) is 11.3 Å². The highest BCUT2D eigenvalue weighted by Crippen LogP contribution is 2.30. The zero-order valence-electron chi connectivity index (χ0n) is 8.72. The molecule has 17 heavy (non-hydrogen) atoms. The summed E-state index contributed by atoms with van der Waals surface area (Å²) < 4.78 is 18.6. The molecule has 0 radical (unpaired) electrons. The van der Waals surface area contributed by atoms with Crippen LogP contribution >= 0.6 is 0 Å². The Morgan fingerprint density at radius 2 is 1.82 bits per heavy atom. The Hall–Kier alpha value is -2.36. The van der Waals surface area contributed by atoms with E-state index in [1.165, 1.54) is 6.07 Å². The van der Waals surface area contributed by atoms with Crippen molar-refractivity contribution in [1.29, 1.82) is 0 Å². The second kappa shape index (κ2) is 3.59. The molecule has 3 nitrogen and oxygen atoms in total. The minimum atomic E-state index is -0.406. The lowest BCUT2D eigenvalue weighted by atomic mass is 10.1. The minimum absolute atomic E-state index is 0.170. The van der Waals surface area contributed by atoms with Gasteiger partial charge >= 0.3 is 0 Å². The Morgan fingerprint density at radius 1 is 1.06 bits per heavy atom. The van der Waals surface area contributed by atoms with Gasteiger partial charge in [-0.05, 0) is 36.4 Å². The highest BCUT2D eigenvalue weighted by molar-refractivity contribution is 5.91. The maximum atomic E-state index is 13.4. The summed E-state index contributed by atoms with van der Waals surface area (Å²) in [5.74, 6) is 0.263. The van der Waals surface area contributed by atoms with Crippen LogP contribution in [0.15, 0.2) is 47.0 Å². The molecule has 0 amide bonds. The lowest BCUT2D eigenvalue weighted by Gasteiger charge is -1.97. The minimum Gasteiger partial charge on any atom is -0.508 e. The Balaban J connectivity index is 2.24. The molecule has 1 aromatic heterocycles. The van der Waals surface area contributed by atoms with E-state index in [0.717, 1.165) is 5.56 Å². The Labute approximate surface area is 96.1 Å². The SMILES string of the molecule is Oc1ccc(-c2onc3c(F)cccc23)cc1. The zero-order valence-corrected chi connectivity index (χ0v) is 8.72. The van der Waals surface area contributed by atoms with Gasteiger partial charge in [-0.15, -0.1) is 0 Å². The normalized spacial score (nSPS) is 10.9. The number of phenols is 1. The summed E-state index contributed by atoms with van der Waals surface area (Å²) in [6.07, 6.45) is 0. The summed E-state index contributed by atoms with van der Waals surface area (Å²) in [6.45, 7) is 0. The molecule has 2 aromatic carbocycles. The molecule has 0 atom stereocenters. The molecule has 0 saturated heterocycles. The third-order valence-electron chi connectivity index (χ3n) is 2.59. The van der Waals surface area contributed by atoms with Gasteiger partial charge in [0.25, 0.3) is 0 Å². The van der Waals surface area contributed by atoms with E-state index in [2.05, 4.69) is 5.16 Å². The summed E-state index contributed by atoms with van der Waals surface area (Å²) in [7, 11) is 0. The van der Waals surface area contributed by atoms with Crippen LogP contribution in [0.2, 0.25) is 0 Å². The lowest BCUT2D eigenvalue weighted by molar-refractivity contribution is 0.437. The molecule has 84 valence electrons. The first kappa shape index (κ1) is 9.84. The van der Waals surface area contributed by atoms with Crippen molar-refractivity contribution in [2.24, 2.45) is 0 Å². The number of halogens is 1. The lowest BCUT2D eigenvalue weighted by Crippen LogP contribution is -1.77. The Kier molecular flexibility index (Phi) is 2.08. The molecule has 0 aliphatic heterocycles. The predicted octanol–water partition coefficient (Wildman–Crippen LogP) is 3.34. The van der Waals surface area contributed by atoms with E-state index < -0.39 is 5.82 Å². The van der Waals surface area contributed by atoms with E-state index in [4.69, 9.17) is 4.52 Å². The van der Waals surface area contributed by atoms with Gasteiger partial charge in [0.2, 0.25) is 0 Å². The fourth-order valence-electron chi connectivity index (χ4n) is 1.75. The molecule has 0 unspecified atom stereocenters. The Bertz CT molecular complexity index is 673. The number of fused-ring (bicyclic) bond motifs is 1. The van der Waals surface area contributed by atoms with Crippen molar-refractivity contribution in [3.63, 3.8) is 0 Å². The van der Waals surface area contributed by atoms with Crippen LogP contribution < -0.4 is 0 Å². The molecule has 0 bridgehead atoms. The first-order valence-electron chi connectivity index (χ1n) is 5.09. The van der Waals surface area contributed by atoms with Crippen molar-refractivity contribution in [2.45, 2.75) is 0 Å². The third-order valence-corrected chi connectivity index (χ3v) is 2.59. The van der Waals surface area contributed by atoms with Gasteiger partial charge < -0.3 is 9.63 Å². The Morgan fingerprint density at radius 3 is 2.59 bits per heavy atom. The molecular weight excluding hydrogens is 221 g/mol. The number of aromatic nitrogens is 1. The van der Waals surface area contributed by atoms with Crippen molar-refractivity contribution in [1.82, 2.24) is 5.16 Å². The van der Waals surface area contributed by atoms with Gasteiger partial charge in [-0.2, -0.15) is 0 Å². The van der Waals surface area contributed by atoms with Gasteiger partial charge in [0.1, 0.15) is 11.3 Å². The number of rotatable bonds is 1. The van der Waals surface area contributed by atoms with Crippen LogP contribution in [0.1, 0.15) is 0 Å². The van der Waals surface area contributed by atoms with E-state index in [0.29, 0.717) is 11.1 Å². The largest absolute Gasteiger partial charge is 0.508 e. The van der Waals surface area contributed by atoms with E-state index in [1.807, 2.05) is 0 Å². The fourth-order valence-corrected chi connectivity index (χ4v) is 1.75. The molecular formula is C13H8FNO2. The maximum absolute atomic E-state index is 13.4. The predicted molar refractivity (Wildman–Crippen MR) is 61.1 cm³/mol. The van der Waals surface area contributed by atoms with Crippen molar-refractivity contribution >= 4 is 10.9 Å². The molecule has 3 rings (SSSR count).